The van der Waals surface area contributed by atoms with E-state index in [0.29, 0.717) is 10.8 Å². The minimum Gasteiger partial charge on any atom is -0.423 e. The molecule has 0 heterocycles. The molecule has 2 nitrogen and oxygen atoms in total. The standard InChI is InChI=1S/C16H12ClFO2/c1-11-10-14(7-8-15(11)17)20-16(19)9-4-12-2-5-13(18)6-3-12/h2-10H,1H3. The largest absolute Gasteiger partial charge is 0.423 e. The number of benzene rings is 2. The number of esters is 1. The summed E-state index contributed by atoms with van der Waals surface area (Å²) in [5.74, 6) is -0.391. The Kier molecular flexibility index (Phi) is 4.53. The van der Waals surface area contributed by atoms with Crippen LogP contribution in [-0.4, -0.2) is 5.97 Å². The molecule has 0 N–H and O–H groups in total. The molecule has 0 bridgehead atoms. The lowest BCUT2D eigenvalue weighted by atomic mass is 10.2. The lowest BCUT2D eigenvalue weighted by Gasteiger charge is -2.03. The molecule has 0 saturated carbocycles. The van der Waals surface area contributed by atoms with Gasteiger partial charge >= 0.3 is 5.97 Å². The van der Waals surface area contributed by atoms with Crippen LogP contribution in [0.5, 0.6) is 5.75 Å². The summed E-state index contributed by atoms with van der Waals surface area (Å²) in [7, 11) is 0. The van der Waals surface area contributed by atoms with Gasteiger partial charge in [-0.15, -0.1) is 0 Å². The third-order valence-electron chi connectivity index (χ3n) is 2.63. The third kappa shape index (κ3) is 3.93. The van der Waals surface area contributed by atoms with Crippen LogP contribution in [0.2, 0.25) is 5.02 Å². The molecule has 2 rings (SSSR count). The zero-order valence-electron chi connectivity index (χ0n) is 10.8. The van der Waals surface area contributed by atoms with E-state index in [1.54, 1.807) is 36.4 Å². The van der Waals surface area contributed by atoms with Crippen molar-refractivity contribution in [1.29, 1.82) is 0 Å². The van der Waals surface area contributed by atoms with Gasteiger partial charge in [0.25, 0.3) is 0 Å². The number of hydrogen-bond acceptors (Lipinski definition) is 2. The van der Waals surface area contributed by atoms with E-state index in [1.807, 2.05) is 6.92 Å². The Morgan fingerprint density at radius 3 is 2.55 bits per heavy atom. The first-order valence-corrected chi connectivity index (χ1v) is 6.34. The van der Waals surface area contributed by atoms with E-state index in [0.717, 1.165) is 11.1 Å². The fourth-order valence-corrected chi connectivity index (χ4v) is 1.69. The molecule has 2 aromatic carbocycles. The first-order chi connectivity index (χ1) is 9.54. The summed E-state index contributed by atoms with van der Waals surface area (Å²) < 4.78 is 17.9. The number of rotatable bonds is 3. The van der Waals surface area contributed by atoms with E-state index in [1.165, 1.54) is 18.2 Å². The molecule has 0 amide bonds. The van der Waals surface area contributed by atoms with E-state index in [-0.39, 0.29) is 5.82 Å². The Morgan fingerprint density at radius 2 is 1.90 bits per heavy atom. The molecule has 0 aromatic heterocycles. The first-order valence-electron chi connectivity index (χ1n) is 5.96. The molecule has 0 aliphatic carbocycles. The van der Waals surface area contributed by atoms with Crippen molar-refractivity contribution in [2.45, 2.75) is 6.92 Å². The fraction of sp³-hybridized carbons (Fsp3) is 0.0625. The van der Waals surface area contributed by atoms with Gasteiger partial charge in [-0.25, -0.2) is 9.18 Å². The minimum absolute atomic E-state index is 0.318. The predicted molar refractivity (Wildman–Crippen MR) is 77.3 cm³/mol. The molecular weight excluding hydrogens is 279 g/mol. The van der Waals surface area contributed by atoms with Gasteiger partial charge in [0.2, 0.25) is 0 Å². The highest BCUT2D eigenvalue weighted by Crippen LogP contribution is 2.21. The molecule has 2 aromatic rings. The van der Waals surface area contributed by atoms with Gasteiger partial charge in [0, 0.05) is 11.1 Å². The highest BCUT2D eigenvalue weighted by atomic mass is 35.5. The van der Waals surface area contributed by atoms with Gasteiger partial charge in [0.05, 0.1) is 0 Å². The van der Waals surface area contributed by atoms with Gasteiger partial charge in [0.15, 0.2) is 0 Å². The summed E-state index contributed by atoms with van der Waals surface area (Å²) in [6.07, 6.45) is 2.85. The van der Waals surface area contributed by atoms with Gasteiger partial charge in [0.1, 0.15) is 11.6 Å². The Hall–Kier alpha value is -2.13. The van der Waals surface area contributed by atoms with Gasteiger partial charge < -0.3 is 4.74 Å². The van der Waals surface area contributed by atoms with Crippen LogP contribution in [0, 0.1) is 12.7 Å². The molecule has 4 heteroatoms. The molecule has 0 aliphatic heterocycles. The van der Waals surface area contributed by atoms with Crippen LogP contribution >= 0.6 is 11.6 Å². The number of carbonyl (C=O) groups is 1. The summed E-state index contributed by atoms with van der Waals surface area (Å²) in [4.78, 5) is 11.6. The van der Waals surface area contributed by atoms with Crippen molar-refractivity contribution in [1.82, 2.24) is 0 Å². The predicted octanol–water partition coefficient (Wildman–Crippen LogP) is 4.41. The lowest BCUT2D eigenvalue weighted by Crippen LogP contribution is -2.03. The van der Waals surface area contributed by atoms with E-state index in [4.69, 9.17) is 16.3 Å². The quantitative estimate of drug-likeness (QED) is 0.475. The van der Waals surface area contributed by atoms with Crippen LogP contribution in [0.1, 0.15) is 11.1 Å². The van der Waals surface area contributed by atoms with Crippen molar-refractivity contribution in [3.05, 3.63) is 70.5 Å². The van der Waals surface area contributed by atoms with Crippen LogP contribution in [0.4, 0.5) is 4.39 Å². The van der Waals surface area contributed by atoms with E-state index < -0.39 is 5.97 Å². The van der Waals surface area contributed by atoms with Crippen molar-refractivity contribution in [2.24, 2.45) is 0 Å². The van der Waals surface area contributed by atoms with Crippen LogP contribution < -0.4 is 4.74 Å². The number of halogens is 2. The van der Waals surface area contributed by atoms with E-state index in [2.05, 4.69) is 0 Å². The maximum atomic E-state index is 12.7. The second kappa shape index (κ2) is 6.35. The average molecular weight is 291 g/mol. The van der Waals surface area contributed by atoms with Crippen molar-refractivity contribution in [2.75, 3.05) is 0 Å². The topological polar surface area (TPSA) is 26.3 Å². The molecule has 20 heavy (non-hydrogen) atoms. The molecule has 0 atom stereocenters. The minimum atomic E-state index is -0.504. The van der Waals surface area contributed by atoms with Crippen molar-refractivity contribution in [3.8, 4) is 5.75 Å². The highest BCUT2D eigenvalue weighted by Gasteiger charge is 2.02. The molecule has 0 fully saturated rings. The van der Waals surface area contributed by atoms with Crippen molar-refractivity contribution < 1.29 is 13.9 Å². The zero-order chi connectivity index (χ0) is 14.5. The first kappa shape index (κ1) is 14.3. The molecule has 102 valence electrons. The molecule has 0 spiro atoms. The van der Waals surface area contributed by atoms with Crippen molar-refractivity contribution in [3.63, 3.8) is 0 Å². The summed E-state index contributed by atoms with van der Waals surface area (Å²) >= 11 is 5.89. The summed E-state index contributed by atoms with van der Waals surface area (Å²) in [5, 5.41) is 0.617. The molecule has 0 saturated heterocycles. The van der Waals surface area contributed by atoms with Gasteiger partial charge in [-0.05, 0) is 54.5 Å². The Bertz CT molecular complexity index is 648. The SMILES string of the molecule is Cc1cc(OC(=O)C=Cc2ccc(F)cc2)ccc1Cl. The van der Waals surface area contributed by atoms with Crippen LogP contribution in [-0.2, 0) is 4.79 Å². The van der Waals surface area contributed by atoms with E-state index in [9.17, 15) is 9.18 Å². The van der Waals surface area contributed by atoms with Crippen LogP contribution in [0.3, 0.4) is 0 Å². The van der Waals surface area contributed by atoms with Gasteiger partial charge in [-0.2, -0.15) is 0 Å². The monoisotopic (exact) mass is 290 g/mol. The Labute approximate surface area is 121 Å². The van der Waals surface area contributed by atoms with E-state index >= 15 is 0 Å². The summed E-state index contributed by atoms with van der Waals surface area (Å²) in [6, 6.07) is 10.8. The fourth-order valence-electron chi connectivity index (χ4n) is 1.57. The number of ether oxygens (including phenoxy) is 1. The van der Waals surface area contributed by atoms with Gasteiger partial charge in [-0.1, -0.05) is 23.7 Å². The van der Waals surface area contributed by atoms with Crippen LogP contribution in [0.15, 0.2) is 48.5 Å². The number of hydrogen-bond donors (Lipinski definition) is 0. The van der Waals surface area contributed by atoms with Crippen LogP contribution in [0.25, 0.3) is 6.08 Å². The zero-order valence-corrected chi connectivity index (χ0v) is 11.5. The number of aryl methyl sites for hydroxylation is 1. The average Bonchev–Trinajstić information content (AvgIpc) is 2.42. The summed E-state index contributed by atoms with van der Waals surface area (Å²) in [5.41, 5.74) is 1.55. The van der Waals surface area contributed by atoms with Crippen molar-refractivity contribution >= 4 is 23.6 Å². The lowest BCUT2D eigenvalue weighted by molar-refractivity contribution is -0.128. The smallest absolute Gasteiger partial charge is 0.336 e. The second-order valence-corrected chi connectivity index (χ2v) is 4.62. The third-order valence-corrected chi connectivity index (χ3v) is 3.05. The number of carbonyl (C=O) groups excluding carboxylic acids is 1. The Morgan fingerprint density at radius 1 is 1.20 bits per heavy atom. The summed E-state index contributed by atoms with van der Waals surface area (Å²) in [6.45, 7) is 1.83. The normalized spacial score (nSPS) is 10.8. The molecule has 0 radical (unpaired) electrons. The molecular formula is C16H12ClFO2. The molecule has 0 aliphatic rings. The second-order valence-electron chi connectivity index (χ2n) is 4.22. The maximum absolute atomic E-state index is 12.7. The highest BCUT2D eigenvalue weighted by molar-refractivity contribution is 6.31. The van der Waals surface area contributed by atoms with Gasteiger partial charge in [-0.3, -0.25) is 0 Å². The Balaban J connectivity index is 2.01. The maximum Gasteiger partial charge on any atom is 0.336 e. The molecule has 0 unspecified atom stereocenters.